The second-order valence-electron chi connectivity index (χ2n) is 5.14. The molecule has 0 saturated heterocycles. The monoisotopic (exact) mass is 380 g/mol. The van der Waals surface area contributed by atoms with Crippen molar-refractivity contribution in [3.05, 3.63) is 55.5 Å². The predicted octanol–water partition coefficient (Wildman–Crippen LogP) is 4.82. The molecular weight excluding hydrogens is 364 g/mol. The summed E-state index contributed by atoms with van der Waals surface area (Å²) in [5.41, 5.74) is 8.67. The molecule has 1 aromatic carbocycles. The van der Waals surface area contributed by atoms with Crippen LogP contribution in [0.1, 0.15) is 16.0 Å². The molecule has 0 saturated carbocycles. The van der Waals surface area contributed by atoms with Crippen LogP contribution in [0, 0.1) is 0 Å². The molecule has 3 aromatic rings. The summed E-state index contributed by atoms with van der Waals surface area (Å²) in [6, 6.07) is 10.8. The van der Waals surface area contributed by atoms with Crippen molar-refractivity contribution in [2.24, 2.45) is 5.73 Å². The van der Waals surface area contributed by atoms with E-state index < -0.39 is 0 Å². The van der Waals surface area contributed by atoms with Gasteiger partial charge in [-0.1, -0.05) is 18.2 Å². The first-order chi connectivity index (χ1) is 10.2. The van der Waals surface area contributed by atoms with Crippen LogP contribution in [0.4, 0.5) is 0 Å². The van der Waals surface area contributed by atoms with Gasteiger partial charge in [0.15, 0.2) is 0 Å². The minimum absolute atomic E-state index is 0.618. The second kappa shape index (κ2) is 6.58. The Morgan fingerprint density at radius 1 is 1.24 bits per heavy atom. The molecule has 0 bridgehead atoms. The maximum Gasteiger partial charge on any atom is 0.0701 e. The Morgan fingerprint density at radius 2 is 2.05 bits per heavy atom. The van der Waals surface area contributed by atoms with Crippen molar-refractivity contribution in [2.45, 2.75) is 19.6 Å². The average molecular weight is 381 g/mol. The van der Waals surface area contributed by atoms with Gasteiger partial charge in [0, 0.05) is 29.2 Å². The molecular formula is C16H17BrN2S2. The lowest BCUT2D eigenvalue weighted by Gasteiger charge is -2.16. The molecule has 2 nitrogen and oxygen atoms in total. The molecule has 21 heavy (non-hydrogen) atoms. The smallest absolute Gasteiger partial charge is 0.0701 e. The number of nitrogens with two attached hydrogens (primary N) is 1. The van der Waals surface area contributed by atoms with Crippen LogP contribution in [-0.4, -0.2) is 11.9 Å². The summed E-state index contributed by atoms with van der Waals surface area (Å²) in [6.07, 6.45) is 0. The number of thiophene rings is 2. The van der Waals surface area contributed by atoms with Gasteiger partial charge >= 0.3 is 0 Å². The van der Waals surface area contributed by atoms with E-state index in [1.807, 2.05) is 11.3 Å². The van der Waals surface area contributed by atoms with E-state index in [1.54, 1.807) is 11.3 Å². The lowest BCUT2D eigenvalue weighted by Crippen LogP contribution is -2.17. The van der Waals surface area contributed by atoms with E-state index in [9.17, 15) is 0 Å². The van der Waals surface area contributed by atoms with Gasteiger partial charge in [-0.25, -0.2) is 0 Å². The number of halogens is 1. The number of nitrogens with zero attached hydrogens (tertiary/aromatic N) is 1. The molecule has 2 aromatic heterocycles. The zero-order valence-corrected chi connectivity index (χ0v) is 15.0. The van der Waals surface area contributed by atoms with Crippen LogP contribution in [0.2, 0.25) is 0 Å². The molecule has 2 N–H and O–H groups in total. The molecule has 0 spiro atoms. The second-order valence-corrected chi connectivity index (χ2v) is 8.56. The lowest BCUT2D eigenvalue weighted by atomic mass is 10.1. The fourth-order valence-electron chi connectivity index (χ4n) is 2.55. The Kier molecular flexibility index (Phi) is 4.76. The first-order valence-corrected chi connectivity index (χ1v) is 9.27. The third-order valence-electron chi connectivity index (χ3n) is 3.47. The Morgan fingerprint density at radius 3 is 2.76 bits per heavy atom. The third-order valence-corrected chi connectivity index (χ3v) is 6.26. The highest BCUT2D eigenvalue weighted by atomic mass is 79.9. The molecule has 5 heteroatoms. The number of benzene rings is 1. The highest BCUT2D eigenvalue weighted by Gasteiger charge is 2.13. The van der Waals surface area contributed by atoms with Gasteiger partial charge in [-0.15, -0.1) is 22.7 Å². The van der Waals surface area contributed by atoms with E-state index in [4.69, 9.17) is 5.73 Å². The molecule has 2 heterocycles. The predicted molar refractivity (Wildman–Crippen MR) is 96.9 cm³/mol. The van der Waals surface area contributed by atoms with E-state index in [0.717, 1.165) is 13.1 Å². The Hall–Kier alpha value is -0.720. The first kappa shape index (κ1) is 15.2. The molecule has 0 fully saturated rings. The van der Waals surface area contributed by atoms with Gasteiger partial charge in [-0.3, -0.25) is 4.90 Å². The summed E-state index contributed by atoms with van der Waals surface area (Å²) >= 11 is 7.08. The minimum atomic E-state index is 0.618. The standard InChI is InChI=1S/C16H17BrN2S2/c1-19(8-11-6-16(17)20-10-11)9-13-12-4-2-3-5-14(12)21-15(13)7-18/h2-6,10H,7-9,18H2,1H3. The van der Waals surface area contributed by atoms with Gasteiger partial charge in [0.2, 0.25) is 0 Å². The van der Waals surface area contributed by atoms with Crippen molar-refractivity contribution in [3.8, 4) is 0 Å². The van der Waals surface area contributed by atoms with Crippen molar-refractivity contribution < 1.29 is 0 Å². The number of rotatable bonds is 5. The number of hydrogen-bond acceptors (Lipinski definition) is 4. The van der Waals surface area contributed by atoms with Gasteiger partial charge in [0.25, 0.3) is 0 Å². The van der Waals surface area contributed by atoms with Crippen LogP contribution in [0.15, 0.2) is 39.5 Å². The molecule has 0 radical (unpaired) electrons. The zero-order chi connectivity index (χ0) is 14.8. The van der Waals surface area contributed by atoms with Crippen LogP contribution < -0.4 is 5.73 Å². The summed E-state index contributed by atoms with van der Waals surface area (Å²) in [5, 5.41) is 3.55. The van der Waals surface area contributed by atoms with Crippen molar-refractivity contribution in [2.75, 3.05) is 7.05 Å². The first-order valence-electron chi connectivity index (χ1n) is 6.78. The maximum atomic E-state index is 5.93. The van der Waals surface area contributed by atoms with E-state index >= 15 is 0 Å². The van der Waals surface area contributed by atoms with Crippen LogP contribution in [-0.2, 0) is 19.6 Å². The molecule has 0 atom stereocenters. The summed E-state index contributed by atoms with van der Waals surface area (Å²) < 4.78 is 2.52. The Bertz CT molecular complexity index is 748. The zero-order valence-electron chi connectivity index (χ0n) is 11.8. The van der Waals surface area contributed by atoms with Crippen LogP contribution in [0.25, 0.3) is 10.1 Å². The van der Waals surface area contributed by atoms with Gasteiger partial charge in [0.05, 0.1) is 3.79 Å². The quantitative estimate of drug-likeness (QED) is 0.687. The normalized spacial score (nSPS) is 11.6. The summed E-state index contributed by atoms with van der Waals surface area (Å²) in [4.78, 5) is 3.65. The number of fused-ring (bicyclic) bond motifs is 1. The molecule has 0 aliphatic heterocycles. The van der Waals surface area contributed by atoms with Gasteiger partial charge < -0.3 is 5.73 Å². The Balaban J connectivity index is 1.83. The maximum absolute atomic E-state index is 5.93. The van der Waals surface area contributed by atoms with Gasteiger partial charge in [0.1, 0.15) is 0 Å². The molecule has 0 aliphatic rings. The van der Waals surface area contributed by atoms with Crippen molar-refractivity contribution >= 4 is 48.7 Å². The highest BCUT2D eigenvalue weighted by Crippen LogP contribution is 2.32. The summed E-state index contributed by atoms with van der Waals surface area (Å²) in [7, 11) is 2.16. The fourth-order valence-corrected chi connectivity index (χ4v) is 4.85. The van der Waals surface area contributed by atoms with E-state index in [-0.39, 0.29) is 0 Å². The highest BCUT2D eigenvalue weighted by molar-refractivity contribution is 9.11. The topological polar surface area (TPSA) is 29.3 Å². The molecule has 0 aliphatic carbocycles. The largest absolute Gasteiger partial charge is 0.326 e. The van der Waals surface area contributed by atoms with E-state index in [1.165, 1.54) is 29.9 Å². The van der Waals surface area contributed by atoms with Gasteiger partial charge in [-0.05, 0) is 57.0 Å². The van der Waals surface area contributed by atoms with Crippen molar-refractivity contribution in [3.63, 3.8) is 0 Å². The van der Waals surface area contributed by atoms with Crippen molar-refractivity contribution in [1.29, 1.82) is 0 Å². The van der Waals surface area contributed by atoms with Crippen LogP contribution in [0.3, 0.4) is 0 Å². The van der Waals surface area contributed by atoms with Crippen LogP contribution >= 0.6 is 38.6 Å². The van der Waals surface area contributed by atoms with Gasteiger partial charge in [-0.2, -0.15) is 0 Å². The summed E-state index contributed by atoms with van der Waals surface area (Å²) in [5.74, 6) is 0. The third kappa shape index (κ3) is 3.38. The van der Waals surface area contributed by atoms with Crippen LogP contribution in [0.5, 0.6) is 0 Å². The lowest BCUT2D eigenvalue weighted by molar-refractivity contribution is 0.320. The number of hydrogen-bond donors (Lipinski definition) is 1. The Labute approximate surface area is 141 Å². The average Bonchev–Trinajstić information content (AvgIpc) is 3.03. The fraction of sp³-hybridized carbons (Fsp3) is 0.250. The molecule has 3 rings (SSSR count). The van der Waals surface area contributed by atoms with Crippen molar-refractivity contribution in [1.82, 2.24) is 4.90 Å². The van der Waals surface area contributed by atoms with E-state index in [0.29, 0.717) is 6.54 Å². The molecule has 0 amide bonds. The SMILES string of the molecule is CN(Cc1csc(Br)c1)Cc1c(CN)sc2ccccc12. The minimum Gasteiger partial charge on any atom is -0.326 e. The molecule has 110 valence electrons. The van der Waals surface area contributed by atoms with E-state index in [2.05, 4.69) is 63.6 Å². The summed E-state index contributed by atoms with van der Waals surface area (Å²) in [6.45, 7) is 2.51. The molecule has 0 unspecified atom stereocenters.